The summed E-state index contributed by atoms with van der Waals surface area (Å²) in [7, 11) is 1.94. The molecular weight excluding hydrogens is 218 g/mol. The average Bonchev–Trinajstić information content (AvgIpc) is 2.91. The highest BCUT2D eigenvalue weighted by Gasteiger charge is 2.21. The fourth-order valence-electron chi connectivity index (χ4n) is 2.16. The van der Waals surface area contributed by atoms with Gasteiger partial charge in [-0.05, 0) is 18.5 Å². The molecule has 0 spiro atoms. The molecule has 1 atom stereocenters. The smallest absolute Gasteiger partial charge is 0.159 e. The Kier molecular flexibility index (Phi) is 4.53. The molecule has 5 heteroatoms. The number of nitrogens with zero attached hydrogens (tertiary/aromatic N) is 2. The van der Waals surface area contributed by atoms with Crippen LogP contribution in [0.5, 0.6) is 0 Å². The first-order chi connectivity index (χ1) is 8.28. The van der Waals surface area contributed by atoms with Gasteiger partial charge in [0, 0.05) is 25.7 Å². The summed E-state index contributed by atoms with van der Waals surface area (Å²) in [6, 6.07) is 0.382. The maximum atomic E-state index is 5.49. The number of hydrogen-bond donors (Lipinski definition) is 1. The van der Waals surface area contributed by atoms with Crippen LogP contribution in [0, 0.1) is 0 Å². The van der Waals surface area contributed by atoms with Crippen LogP contribution in [0.2, 0.25) is 0 Å². The van der Waals surface area contributed by atoms with E-state index in [9.17, 15) is 0 Å². The van der Waals surface area contributed by atoms with E-state index in [2.05, 4.69) is 23.5 Å². The SMILES string of the molecule is CCNC(Cc1cnn(C)c1)CC1OCCO1. The second-order valence-corrected chi connectivity index (χ2v) is 4.39. The molecule has 0 aliphatic carbocycles. The van der Waals surface area contributed by atoms with Crippen molar-refractivity contribution >= 4 is 0 Å². The second kappa shape index (κ2) is 6.14. The minimum atomic E-state index is -0.0456. The van der Waals surface area contributed by atoms with Gasteiger partial charge < -0.3 is 14.8 Å². The zero-order chi connectivity index (χ0) is 12.1. The molecule has 1 aromatic rings. The molecule has 1 unspecified atom stereocenters. The largest absolute Gasteiger partial charge is 0.350 e. The van der Waals surface area contributed by atoms with E-state index in [-0.39, 0.29) is 6.29 Å². The van der Waals surface area contributed by atoms with Crippen LogP contribution in [0.15, 0.2) is 12.4 Å². The van der Waals surface area contributed by atoms with Crippen LogP contribution >= 0.6 is 0 Å². The normalized spacial score (nSPS) is 18.7. The van der Waals surface area contributed by atoms with Crippen molar-refractivity contribution in [3.05, 3.63) is 18.0 Å². The third-order valence-electron chi connectivity index (χ3n) is 2.90. The molecule has 0 saturated carbocycles. The molecule has 0 bridgehead atoms. The van der Waals surface area contributed by atoms with E-state index in [0.29, 0.717) is 6.04 Å². The highest BCUT2D eigenvalue weighted by Crippen LogP contribution is 2.13. The number of hydrogen-bond acceptors (Lipinski definition) is 4. The number of ether oxygens (including phenoxy) is 2. The minimum absolute atomic E-state index is 0.0456. The van der Waals surface area contributed by atoms with Crippen LogP contribution < -0.4 is 5.32 Å². The summed E-state index contributed by atoms with van der Waals surface area (Å²) in [5, 5.41) is 7.66. The van der Waals surface area contributed by atoms with Crippen molar-refractivity contribution in [2.75, 3.05) is 19.8 Å². The molecule has 1 aromatic heterocycles. The van der Waals surface area contributed by atoms with Gasteiger partial charge in [-0.3, -0.25) is 4.68 Å². The monoisotopic (exact) mass is 239 g/mol. The molecule has 0 aromatic carbocycles. The summed E-state index contributed by atoms with van der Waals surface area (Å²) in [5.41, 5.74) is 1.25. The van der Waals surface area contributed by atoms with Crippen molar-refractivity contribution in [3.63, 3.8) is 0 Å². The van der Waals surface area contributed by atoms with Gasteiger partial charge in [-0.1, -0.05) is 6.92 Å². The summed E-state index contributed by atoms with van der Waals surface area (Å²) in [5.74, 6) is 0. The Hall–Kier alpha value is -0.910. The van der Waals surface area contributed by atoms with Crippen molar-refractivity contribution < 1.29 is 9.47 Å². The summed E-state index contributed by atoms with van der Waals surface area (Å²) in [4.78, 5) is 0. The summed E-state index contributed by atoms with van der Waals surface area (Å²) < 4.78 is 12.8. The van der Waals surface area contributed by atoms with Crippen molar-refractivity contribution in [1.82, 2.24) is 15.1 Å². The van der Waals surface area contributed by atoms with Gasteiger partial charge in [-0.15, -0.1) is 0 Å². The van der Waals surface area contributed by atoms with Gasteiger partial charge in [0.1, 0.15) is 0 Å². The summed E-state index contributed by atoms with van der Waals surface area (Å²) >= 11 is 0. The van der Waals surface area contributed by atoms with Gasteiger partial charge in [-0.25, -0.2) is 0 Å². The molecule has 0 amide bonds. The highest BCUT2D eigenvalue weighted by atomic mass is 16.7. The Morgan fingerprint density at radius 3 is 2.88 bits per heavy atom. The Labute approximate surface area is 102 Å². The first-order valence-corrected chi connectivity index (χ1v) is 6.22. The lowest BCUT2D eigenvalue weighted by Crippen LogP contribution is -2.34. The third kappa shape index (κ3) is 3.80. The van der Waals surface area contributed by atoms with E-state index in [1.165, 1.54) is 5.56 Å². The molecule has 96 valence electrons. The number of aromatic nitrogens is 2. The molecule has 5 nitrogen and oxygen atoms in total. The van der Waals surface area contributed by atoms with Gasteiger partial charge in [0.05, 0.1) is 19.4 Å². The van der Waals surface area contributed by atoms with Gasteiger partial charge in [0.2, 0.25) is 0 Å². The fraction of sp³-hybridized carbons (Fsp3) is 0.750. The van der Waals surface area contributed by atoms with E-state index in [1.54, 1.807) is 0 Å². The minimum Gasteiger partial charge on any atom is -0.350 e. The molecule has 1 N–H and O–H groups in total. The van der Waals surface area contributed by atoms with Crippen LogP contribution in [0.3, 0.4) is 0 Å². The average molecular weight is 239 g/mol. The van der Waals surface area contributed by atoms with E-state index in [4.69, 9.17) is 9.47 Å². The Morgan fingerprint density at radius 2 is 2.29 bits per heavy atom. The molecule has 1 aliphatic rings. The Balaban J connectivity index is 1.87. The lowest BCUT2D eigenvalue weighted by atomic mass is 10.1. The molecule has 2 heterocycles. The molecule has 1 fully saturated rings. The molecule has 17 heavy (non-hydrogen) atoms. The zero-order valence-corrected chi connectivity index (χ0v) is 10.6. The predicted molar refractivity (Wildman–Crippen MR) is 64.7 cm³/mol. The number of likely N-dealkylation sites (N-methyl/N-ethyl adjacent to an activating group) is 1. The maximum absolute atomic E-state index is 5.49. The van der Waals surface area contributed by atoms with Crippen LogP contribution in [0.1, 0.15) is 18.9 Å². The lowest BCUT2D eigenvalue weighted by Gasteiger charge is -2.20. The van der Waals surface area contributed by atoms with E-state index in [1.807, 2.05) is 17.9 Å². The van der Waals surface area contributed by atoms with Crippen molar-refractivity contribution in [1.29, 1.82) is 0 Å². The first-order valence-electron chi connectivity index (χ1n) is 6.22. The molecular formula is C12H21N3O2. The summed E-state index contributed by atoms with van der Waals surface area (Å²) in [6.45, 7) is 4.51. The number of aryl methyl sites for hydroxylation is 1. The van der Waals surface area contributed by atoms with Gasteiger partial charge in [-0.2, -0.15) is 5.10 Å². The zero-order valence-electron chi connectivity index (χ0n) is 10.6. The lowest BCUT2D eigenvalue weighted by molar-refractivity contribution is -0.0525. The first kappa shape index (κ1) is 12.5. The Bertz CT molecular complexity index is 334. The van der Waals surface area contributed by atoms with Gasteiger partial charge in [0.25, 0.3) is 0 Å². The standard InChI is InChI=1S/C12H21N3O2/c1-3-13-11(7-12-16-4-5-17-12)6-10-8-14-15(2)9-10/h8-9,11-13H,3-7H2,1-2H3. The highest BCUT2D eigenvalue weighted by molar-refractivity contribution is 5.06. The van der Waals surface area contributed by atoms with Crippen molar-refractivity contribution in [3.8, 4) is 0 Å². The second-order valence-electron chi connectivity index (χ2n) is 4.39. The molecule has 2 rings (SSSR count). The summed E-state index contributed by atoms with van der Waals surface area (Å²) in [6.07, 6.45) is 5.78. The van der Waals surface area contributed by atoms with Crippen LogP contribution in [-0.4, -0.2) is 41.9 Å². The topological polar surface area (TPSA) is 48.3 Å². The van der Waals surface area contributed by atoms with Crippen LogP contribution in [-0.2, 0) is 22.9 Å². The van der Waals surface area contributed by atoms with Crippen molar-refractivity contribution in [2.24, 2.45) is 7.05 Å². The van der Waals surface area contributed by atoms with Gasteiger partial charge in [0.15, 0.2) is 6.29 Å². The fourth-order valence-corrected chi connectivity index (χ4v) is 2.16. The third-order valence-corrected chi connectivity index (χ3v) is 2.90. The van der Waals surface area contributed by atoms with E-state index < -0.39 is 0 Å². The maximum Gasteiger partial charge on any atom is 0.159 e. The van der Waals surface area contributed by atoms with Crippen LogP contribution in [0.4, 0.5) is 0 Å². The molecule has 1 saturated heterocycles. The van der Waals surface area contributed by atoms with Gasteiger partial charge >= 0.3 is 0 Å². The van der Waals surface area contributed by atoms with Crippen molar-refractivity contribution in [2.45, 2.75) is 32.1 Å². The number of rotatable bonds is 6. The van der Waals surface area contributed by atoms with E-state index in [0.717, 1.165) is 32.6 Å². The quantitative estimate of drug-likeness (QED) is 0.794. The Morgan fingerprint density at radius 1 is 1.53 bits per heavy atom. The molecule has 1 aliphatic heterocycles. The number of nitrogens with one attached hydrogen (secondary N) is 1. The van der Waals surface area contributed by atoms with E-state index >= 15 is 0 Å². The predicted octanol–water partition coefficient (Wildman–Crippen LogP) is 0.704. The molecule has 0 radical (unpaired) electrons. The van der Waals surface area contributed by atoms with Crippen LogP contribution in [0.25, 0.3) is 0 Å².